The maximum Gasteiger partial charge on any atom is 0.225 e. The predicted octanol–water partition coefficient (Wildman–Crippen LogP) is 1.52. The maximum atomic E-state index is 12.0. The summed E-state index contributed by atoms with van der Waals surface area (Å²) in [6.45, 7) is 2.70. The van der Waals surface area contributed by atoms with Crippen LogP contribution in [-0.4, -0.2) is 46.9 Å². The molecule has 2 fully saturated rings. The van der Waals surface area contributed by atoms with Crippen molar-refractivity contribution in [1.82, 2.24) is 14.8 Å². The van der Waals surface area contributed by atoms with Gasteiger partial charge in [0.25, 0.3) is 0 Å². The molecule has 1 aromatic heterocycles. The zero-order valence-corrected chi connectivity index (χ0v) is 11.5. The van der Waals surface area contributed by atoms with Gasteiger partial charge >= 0.3 is 0 Å². The number of hydrogen-bond acceptors (Lipinski definition) is 3. The van der Waals surface area contributed by atoms with Crippen molar-refractivity contribution in [2.24, 2.45) is 5.92 Å². The maximum absolute atomic E-state index is 12.0. The third-order valence-electron chi connectivity index (χ3n) is 4.41. The van der Waals surface area contributed by atoms with Crippen LogP contribution in [0.25, 0.3) is 0 Å². The van der Waals surface area contributed by atoms with E-state index in [1.165, 1.54) is 12.0 Å². The van der Waals surface area contributed by atoms with Crippen LogP contribution in [-0.2, 0) is 11.3 Å². The van der Waals surface area contributed by atoms with E-state index in [-0.39, 0.29) is 0 Å². The van der Waals surface area contributed by atoms with Gasteiger partial charge in [-0.05, 0) is 31.5 Å². The van der Waals surface area contributed by atoms with Crippen LogP contribution in [0.1, 0.15) is 24.8 Å². The average Bonchev–Trinajstić information content (AvgIpc) is 2.25. The highest BCUT2D eigenvalue weighted by Crippen LogP contribution is 2.30. The number of carbonyl (C=O) groups is 1. The molecule has 2 aliphatic rings. The Morgan fingerprint density at radius 2 is 2.26 bits per heavy atom. The summed E-state index contributed by atoms with van der Waals surface area (Å²) in [7, 11) is 2.13. The molecule has 4 heteroatoms. The fourth-order valence-corrected chi connectivity index (χ4v) is 2.74. The van der Waals surface area contributed by atoms with E-state index in [1.807, 2.05) is 17.2 Å². The zero-order chi connectivity index (χ0) is 13.2. The second-order valence-corrected chi connectivity index (χ2v) is 5.80. The zero-order valence-electron chi connectivity index (χ0n) is 11.5. The SMILES string of the molecule is CN(Cc1cccnc1)C1CN(C(=O)C2CCC2)C1. The van der Waals surface area contributed by atoms with Crippen LogP contribution in [0, 0.1) is 5.92 Å². The number of rotatable bonds is 4. The molecule has 1 amide bonds. The van der Waals surface area contributed by atoms with E-state index in [0.717, 1.165) is 32.5 Å². The van der Waals surface area contributed by atoms with Gasteiger partial charge in [0.1, 0.15) is 0 Å². The van der Waals surface area contributed by atoms with Crippen molar-refractivity contribution in [1.29, 1.82) is 0 Å². The smallest absolute Gasteiger partial charge is 0.225 e. The van der Waals surface area contributed by atoms with E-state index in [0.29, 0.717) is 17.9 Å². The first-order valence-electron chi connectivity index (χ1n) is 7.12. The number of pyridine rings is 1. The van der Waals surface area contributed by atoms with Crippen molar-refractivity contribution in [3.05, 3.63) is 30.1 Å². The Balaban J connectivity index is 1.46. The number of hydrogen-bond donors (Lipinski definition) is 0. The monoisotopic (exact) mass is 259 g/mol. The van der Waals surface area contributed by atoms with Gasteiger partial charge in [0.05, 0.1) is 0 Å². The van der Waals surface area contributed by atoms with Gasteiger partial charge < -0.3 is 4.90 Å². The summed E-state index contributed by atoms with van der Waals surface area (Å²) in [6, 6.07) is 4.57. The first kappa shape index (κ1) is 12.6. The first-order valence-corrected chi connectivity index (χ1v) is 7.12. The lowest BCUT2D eigenvalue weighted by Crippen LogP contribution is -2.61. The molecule has 1 saturated heterocycles. The summed E-state index contributed by atoms with van der Waals surface area (Å²) in [5.74, 6) is 0.724. The minimum Gasteiger partial charge on any atom is -0.339 e. The van der Waals surface area contributed by atoms with Crippen molar-refractivity contribution in [2.75, 3.05) is 20.1 Å². The molecule has 1 aromatic rings. The highest BCUT2D eigenvalue weighted by molar-refractivity contribution is 5.80. The third kappa shape index (κ3) is 2.63. The summed E-state index contributed by atoms with van der Waals surface area (Å²) in [6.07, 6.45) is 7.14. The highest BCUT2D eigenvalue weighted by atomic mass is 16.2. The standard InChI is InChI=1S/C15H21N3O/c1-17(9-12-4-3-7-16-8-12)14-10-18(11-14)15(19)13-5-2-6-13/h3-4,7-8,13-14H,2,5-6,9-11H2,1H3. The second kappa shape index (κ2) is 5.29. The molecular formula is C15H21N3O. The lowest BCUT2D eigenvalue weighted by molar-refractivity contribution is -0.145. The van der Waals surface area contributed by atoms with Gasteiger partial charge in [0.2, 0.25) is 5.91 Å². The molecule has 0 unspecified atom stereocenters. The number of carbonyl (C=O) groups excluding carboxylic acids is 1. The van der Waals surface area contributed by atoms with Crippen LogP contribution >= 0.6 is 0 Å². The fraction of sp³-hybridized carbons (Fsp3) is 0.600. The lowest BCUT2D eigenvalue weighted by Gasteiger charge is -2.46. The summed E-state index contributed by atoms with van der Waals surface area (Å²) in [5.41, 5.74) is 1.23. The molecule has 4 nitrogen and oxygen atoms in total. The topological polar surface area (TPSA) is 36.4 Å². The number of likely N-dealkylation sites (tertiary alicyclic amines) is 1. The molecule has 3 rings (SSSR count). The van der Waals surface area contributed by atoms with Crippen LogP contribution < -0.4 is 0 Å². The van der Waals surface area contributed by atoms with Crippen molar-refractivity contribution >= 4 is 5.91 Å². The molecule has 19 heavy (non-hydrogen) atoms. The molecule has 2 heterocycles. The summed E-state index contributed by atoms with van der Waals surface area (Å²) < 4.78 is 0. The average molecular weight is 259 g/mol. The van der Waals surface area contributed by atoms with Crippen molar-refractivity contribution in [3.8, 4) is 0 Å². The Morgan fingerprint density at radius 3 is 2.84 bits per heavy atom. The molecule has 0 atom stereocenters. The van der Waals surface area contributed by atoms with Gasteiger partial charge in [-0.1, -0.05) is 12.5 Å². The van der Waals surface area contributed by atoms with E-state index in [2.05, 4.69) is 23.0 Å². The lowest BCUT2D eigenvalue weighted by atomic mass is 9.83. The highest BCUT2D eigenvalue weighted by Gasteiger charge is 2.37. The van der Waals surface area contributed by atoms with E-state index in [1.54, 1.807) is 6.20 Å². The van der Waals surface area contributed by atoms with Crippen LogP contribution in [0.4, 0.5) is 0 Å². The van der Waals surface area contributed by atoms with Gasteiger partial charge in [0, 0.05) is 44.0 Å². The Morgan fingerprint density at radius 1 is 1.47 bits per heavy atom. The van der Waals surface area contributed by atoms with Crippen molar-refractivity contribution in [2.45, 2.75) is 31.8 Å². The Bertz CT molecular complexity index is 438. The quantitative estimate of drug-likeness (QED) is 0.822. The van der Waals surface area contributed by atoms with Gasteiger partial charge in [-0.25, -0.2) is 0 Å². The van der Waals surface area contributed by atoms with Crippen LogP contribution in [0.15, 0.2) is 24.5 Å². The summed E-state index contributed by atoms with van der Waals surface area (Å²) >= 11 is 0. The van der Waals surface area contributed by atoms with Crippen molar-refractivity contribution in [3.63, 3.8) is 0 Å². The van der Waals surface area contributed by atoms with E-state index in [9.17, 15) is 4.79 Å². The number of nitrogens with zero attached hydrogens (tertiary/aromatic N) is 3. The molecule has 0 N–H and O–H groups in total. The third-order valence-corrected chi connectivity index (χ3v) is 4.41. The Labute approximate surface area is 114 Å². The van der Waals surface area contributed by atoms with Crippen LogP contribution in [0.5, 0.6) is 0 Å². The normalized spacial score (nSPS) is 20.2. The van der Waals surface area contributed by atoms with Gasteiger partial charge in [-0.15, -0.1) is 0 Å². The number of likely N-dealkylation sites (N-methyl/N-ethyl adjacent to an activating group) is 1. The van der Waals surface area contributed by atoms with Crippen molar-refractivity contribution < 1.29 is 4.79 Å². The second-order valence-electron chi connectivity index (χ2n) is 5.80. The Kier molecular flexibility index (Phi) is 3.51. The molecule has 1 saturated carbocycles. The molecule has 1 aliphatic carbocycles. The van der Waals surface area contributed by atoms with E-state index < -0.39 is 0 Å². The molecule has 0 radical (unpaired) electrons. The minimum absolute atomic E-state index is 0.338. The van der Waals surface area contributed by atoms with Gasteiger partial charge in [-0.3, -0.25) is 14.7 Å². The molecule has 0 bridgehead atoms. The molecule has 0 spiro atoms. The summed E-state index contributed by atoms with van der Waals surface area (Å²) in [4.78, 5) is 20.5. The molecule has 102 valence electrons. The van der Waals surface area contributed by atoms with Gasteiger partial charge in [-0.2, -0.15) is 0 Å². The van der Waals surface area contributed by atoms with E-state index >= 15 is 0 Å². The molecular weight excluding hydrogens is 238 g/mol. The van der Waals surface area contributed by atoms with E-state index in [4.69, 9.17) is 0 Å². The van der Waals surface area contributed by atoms with Gasteiger partial charge in [0.15, 0.2) is 0 Å². The first-order chi connectivity index (χ1) is 9.24. The summed E-state index contributed by atoms with van der Waals surface area (Å²) in [5, 5.41) is 0. The fourth-order valence-electron chi connectivity index (χ4n) is 2.74. The minimum atomic E-state index is 0.338. The van der Waals surface area contributed by atoms with Crippen LogP contribution in [0.2, 0.25) is 0 Å². The predicted molar refractivity (Wildman–Crippen MR) is 73.4 cm³/mol. The molecule has 1 aliphatic heterocycles. The molecule has 0 aromatic carbocycles. The number of aromatic nitrogens is 1. The van der Waals surface area contributed by atoms with Crippen LogP contribution in [0.3, 0.4) is 0 Å². The largest absolute Gasteiger partial charge is 0.339 e. The number of amides is 1. The Hall–Kier alpha value is -1.42.